The summed E-state index contributed by atoms with van der Waals surface area (Å²) in [6, 6.07) is -1.39. The lowest BCUT2D eigenvalue weighted by Gasteiger charge is -2.32. The number of aliphatic hydroxyl groups excluding tert-OH is 1. The number of carbonyl (C=O) groups is 10. The molecule has 0 radical (unpaired) electrons. The number of aliphatic carboxylic acids is 1. The smallest absolute Gasteiger partial charge is 0.325 e. The topological polar surface area (TPSA) is 453 Å². The average Bonchev–Trinajstić information content (AvgIpc) is 3.89. The minimum atomic E-state index is -1.56. The van der Waals surface area contributed by atoms with Crippen molar-refractivity contribution >= 4 is 65.1 Å². The first-order chi connectivity index (χ1) is 36.1. The number of carbonyl (C=O) groups excluding carboxylic acids is 9. The summed E-state index contributed by atoms with van der Waals surface area (Å²) in [6.07, 6.45) is 1.70. The highest BCUT2D eigenvalue weighted by Gasteiger charge is 2.42. The van der Waals surface area contributed by atoms with Gasteiger partial charge in [-0.05, 0) is 103 Å². The predicted molar refractivity (Wildman–Crippen MR) is 281 cm³/mol. The van der Waals surface area contributed by atoms with Crippen LogP contribution in [-0.4, -0.2) is 174 Å². The largest absolute Gasteiger partial charge is 0.480 e. The summed E-state index contributed by atoms with van der Waals surface area (Å²) in [7, 11) is 0. The molecule has 1 aliphatic heterocycles. The first kappa shape index (κ1) is 65.1. The van der Waals surface area contributed by atoms with Gasteiger partial charge in [-0.25, -0.2) is 0 Å². The Bertz CT molecular complexity index is 2110. The van der Waals surface area contributed by atoms with E-state index in [-0.39, 0.29) is 64.1 Å². The van der Waals surface area contributed by atoms with Crippen LogP contribution in [0.5, 0.6) is 0 Å². The highest BCUT2D eigenvalue weighted by molar-refractivity contribution is 5.98. The van der Waals surface area contributed by atoms with Crippen LogP contribution in [0.25, 0.3) is 0 Å². The van der Waals surface area contributed by atoms with Crippen molar-refractivity contribution < 1.29 is 58.2 Å². The Hall–Kier alpha value is -6.97. The molecule has 1 heterocycles. The van der Waals surface area contributed by atoms with E-state index in [1.807, 2.05) is 0 Å². The van der Waals surface area contributed by atoms with Crippen LogP contribution in [0.15, 0.2) is 35.3 Å². The molecule has 9 amide bonds. The number of amides is 9. The monoisotopic (exact) mass is 1070 g/mol. The van der Waals surface area contributed by atoms with E-state index in [4.69, 9.17) is 28.7 Å². The first-order valence-electron chi connectivity index (χ1n) is 25.9. The molecule has 27 heteroatoms. The number of rotatable bonds is 35. The minimum Gasteiger partial charge on any atom is -0.480 e. The van der Waals surface area contributed by atoms with Gasteiger partial charge in [-0.2, -0.15) is 0 Å². The minimum absolute atomic E-state index is 0.0445. The van der Waals surface area contributed by atoms with Gasteiger partial charge in [-0.3, -0.25) is 52.9 Å². The van der Waals surface area contributed by atoms with Gasteiger partial charge in [0.1, 0.15) is 48.3 Å². The van der Waals surface area contributed by atoms with E-state index in [2.05, 4.69) is 47.5 Å². The predicted octanol–water partition coefficient (Wildman–Crippen LogP) is -4.47. The normalized spacial score (nSPS) is 16.6. The number of hydrogen-bond donors (Lipinski definition) is 15. The van der Waals surface area contributed by atoms with E-state index >= 15 is 0 Å². The van der Waals surface area contributed by atoms with Crippen LogP contribution < -0.4 is 71.2 Å². The van der Waals surface area contributed by atoms with Crippen LogP contribution in [0.4, 0.5) is 0 Å². The summed E-state index contributed by atoms with van der Waals surface area (Å²) in [5, 5.41) is 40.7. The Labute approximate surface area is 443 Å². The molecule has 2 rings (SSSR count). The Morgan fingerprint density at radius 2 is 1.22 bits per heavy atom. The lowest BCUT2D eigenvalue weighted by atomic mass is 9.96. The molecule has 426 valence electrons. The number of hydrogen-bond acceptors (Lipinski definition) is 15. The molecule has 0 aliphatic carbocycles. The van der Waals surface area contributed by atoms with E-state index in [0.717, 1.165) is 0 Å². The number of benzene rings is 1. The molecular weight excluding hydrogens is 991 g/mol. The molecule has 76 heavy (non-hydrogen) atoms. The van der Waals surface area contributed by atoms with Crippen molar-refractivity contribution in [2.45, 2.75) is 159 Å². The first-order valence-corrected chi connectivity index (χ1v) is 25.9. The van der Waals surface area contributed by atoms with Gasteiger partial charge in [0.25, 0.3) is 0 Å². The molecule has 1 aromatic carbocycles. The van der Waals surface area contributed by atoms with Crippen LogP contribution in [0.2, 0.25) is 0 Å². The quantitative estimate of drug-likeness (QED) is 0.0173. The molecule has 0 unspecified atom stereocenters. The second kappa shape index (κ2) is 34.6. The molecule has 1 aliphatic rings. The van der Waals surface area contributed by atoms with Gasteiger partial charge in [0.2, 0.25) is 53.2 Å². The van der Waals surface area contributed by atoms with E-state index in [0.29, 0.717) is 50.6 Å². The van der Waals surface area contributed by atoms with Crippen molar-refractivity contribution in [2.75, 3.05) is 39.3 Å². The number of nitrogens with one attached hydrogen (secondary N) is 8. The Morgan fingerprint density at radius 1 is 0.671 bits per heavy atom. The van der Waals surface area contributed by atoms with Crippen LogP contribution >= 0.6 is 0 Å². The maximum atomic E-state index is 14.3. The van der Waals surface area contributed by atoms with Gasteiger partial charge in [0, 0.05) is 19.5 Å². The van der Waals surface area contributed by atoms with Gasteiger partial charge in [0.05, 0.1) is 19.2 Å². The SMILES string of the molecule is CC[C@H](C)[C@H](NC(=O)[C@@H]1CCCN1C(=O)[C@@H](NC(=O)[C@H](CCCN=C(N)N)NC(=O)CN)[C@@H](C)O)C(=O)N[C@@H](CCCCN)C(=O)N[C@@H](Cc1ccccc1)C(=O)NCC(=O)N[C@@H](CCCCN)C(=O)N[C@@H](C)C(=O)O. The number of carboxylic acid groups (broad SMARTS) is 1. The maximum absolute atomic E-state index is 14.3. The zero-order chi connectivity index (χ0) is 56.9. The highest BCUT2D eigenvalue weighted by Crippen LogP contribution is 2.21. The van der Waals surface area contributed by atoms with Crippen LogP contribution in [0.3, 0.4) is 0 Å². The van der Waals surface area contributed by atoms with Crippen molar-refractivity contribution in [1.29, 1.82) is 0 Å². The number of carboxylic acids is 1. The highest BCUT2D eigenvalue weighted by atomic mass is 16.4. The number of nitrogens with two attached hydrogens (primary N) is 5. The summed E-state index contributed by atoms with van der Waals surface area (Å²) < 4.78 is 0. The molecule has 1 fully saturated rings. The second-order valence-corrected chi connectivity index (χ2v) is 18.8. The molecule has 0 saturated carbocycles. The van der Waals surface area contributed by atoms with Crippen molar-refractivity contribution in [2.24, 2.45) is 39.6 Å². The fraction of sp³-hybridized carbons (Fsp3) is 0.653. The summed E-state index contributed by atoms with van der Waals surface area (Å²) in [5.74, 6) is -8.73. The number of aliphatic imine (C=N–C) groups is 1. The molecule has 0 bridgehead atoms. The van der Waals surface area contributed by atoms with Crippen molar-refractivity contribution in [3.63, 3.8) is 0 Å². The second-order valence-electron chi connectivity index (χ2n) is 18.8. The van der Waals surface area contributed by atoms with Crippen molar-refractivity contribution in [3.05, 3.63) is 35.9 Å². The number of unbranched alkanes of at least 4 members (excludes halogenated alkanes) is 2. The number of guanidine groups is 1. The fourth-order valence-corrected chi connectivity index (χ4v) is 8.13. The lowest BCUT2D eigenvalue weighted by Crippen LogP contribution is -2.61. The standard InChI is InChI=1S/C49H83N15O12/c1-5-28(2)39(62-45(72)36-20-14-24-64(36)47(74)40(30(4)65)63-44(71)33(58-37(66)26-52)19-13-23-55-49(53)54)46(73)60-34(18-10-12-22-51)43(70)61-35(25-31-15-7-6-8-16-31)41(68)56-27-38(67)59-32(17-9-11-21-50)42(69)57-29(3)48(75)76/h6-8,15-16,28-30,32-36,39-40,65H,5,9-14,17-27,50-52H2,1-4H3,(H,56,68)(H,57,69)(H,58,66)(H,59,67)(H,60,73)(H,61,70)(H,62,72)(H,63,71)(H,75,76)(H4,53,54,55)/t28-,29-,30+,32-,33-,34-,35-,36-,39-,40-/m0/s1. The number of nitrogens with zero attached hydrogens (tertiary/aromatic N) is 2. The van der Waals surface area contributed by atoms with Gasteiger partial charge >= 0.3 is 5.97 Å². The fourth-order valence-electron chi connectivity index (χ4n) is 8.13. The lowest BCUT2D eigenvalue weighted by molar-refractivity contribution is -0.145. The molecule has 0 aromatic heterocycles. The third kappa shape index (κ3) is 22.9. The zero-order valence-corrected chi connectivity index (χ0v) is 44.1. The van der Waals surface area contributed by atoms with Gasteiger partial charge in [-0.1, -0.05) is 50.6 Å². The Kier molecular flexibility index (Phi) is 29.6. The molecule has 1 aromatic rings. The van der Waals surface area contributed by atoms with Crippen LogP contribution in [-0.2, 0) is 54.4 Å². The van der Waals surface area contributed by atoms with E-state index in [1.54, 1.807) is 44.2 Å². The number of likely N-dealkylation sites (tertiary alicyclic amines) is 1. The van der Waals surface area contributed by atoms with E-state index < -0.39 is 133 Å². The third-order valence-corrected chi connectivity index (χ3v) is 12.7. The zero-order valence-electron chi connectivity index (χ0n) is 44.1. The van der Waals surface area contributed by atoms with Crippen LogP contribution in [0, 0.1) is 5.92 Å². The van der Waals surface area contributed by atoms with E-state index in [1.165, 1.54) is 18.7 Å². The van der Waals surface area contributed by atoms with Gasteiger partial charge < -0.3 is 86.3 Å². The van der Waals surface area contributed by atoms with Gasteiger partial charge in [0.15, 0.2) is 5.96 Å². The van der Waals surface area contributed by atoms with Crippen molar-refractivity contribution in [3.8, 4) is 0 Å². The number of aliphatic hydroxyl groups is 1. The molecule has 27 nitrogen and oxygen atoms in total. The molecule has 20 N–H and O–H groups in total. The summed E-state index contributed by atoms with van der Waals surface area (Å²) in [6.45, 7) is 5.77. The van der Waals surface area contributed by atoms with Crippen LogP contribution in [0.1, 0.15) is 104 Å². The summed E-state index contributed by atoms with van der Waals surface area (Å²) in [5.41, 5.74) is 28.3. The molecule has 1 saturated heterocycles. The third-order valence-electron chi connectivity index (χ3n) is 12.7. The average molecular weight is 1070 g/mol. The van der Waals surface area contributed by atoms with E-state index in [9.17, 15) is 58.2 Å². The molecule has 10 atom stereocenters. The maximum Gasteiger partial charge on any atom is 0.325 e. The Balaban J connectivity index is 2.34. The van der Waals surface area contributed by atoms with Gasteiger partial charge in [-0.15, -0.1) is 0 Å². The molecular formula is C49H83N15O12. The molecule has 0 spiro atoms. The van der Waals surface area contributed by atoms with Crippen molar-refractivity contribution in [1.82, 2.24) is 47.4 Å². The summed E-state index contributed by atoms with van der Waals surface area (Å²) >= 11 is 0. The summed E-state index contributed by atoms with van der Waals surface area (Å²) in [4.78, 5) is 139. The Morgan fingerprint density at radius 3 is 1.78 bits per heavy atom.